The predicted octanol–water partition coefficient (Wildman–Crippen LogP) is 30.2. The molecule has 0 saturated heterocycles. The van der Waals surface area contributed by atoms with E-state index in [0.717, 1.165) is 174 Å². The van der Waals surface area contributed by atoms with E-state index in [0.29, 0.717) is 33.8 Å². The van der Waals surface area contributed by atoms with E-state index in [4.69, 9.17) is 16.5 Å². The van der Waals surface area contributed by atoms with Gasteiger partial charge >= 0.3 is 12.4 Å². The summed E-state index contributed by atoms with van der Waals surface area (Å²) in [5.74, 6) is -0.355. The Morgan fingerprint density at radius 3 is 1.02 bits per heavy atom. The van der Waals surface area contributed by atoms with Gasteiger partial charge in [0.1, 0.15) is 5.69 Å². The van der Waals surface area contributed by atoms with E-state index in [2.05, 4.69) is 235 Å². The molecule has 14 heteroatoms. The van der Waals surface area contributed by atoms with Crippen LogP contribution < -0.4 is 0 Å². The number of rotatable bonds is 16. The minimum Gasteiger partial charge on any atom is -0.304 e. The first-order chi connectivity index (χ1) is 58.9. The van der Waals surface area contributed by atoms with Crippen molar-refractivity contribution in [3.8, 4) is 179 Å². The predicted molar refractivity (Wildman–Crippen MR) is 472 cm³/mol. The maximum absolute atomic E-state index is 13.9. The minimum atomic E-state index is -4.64. The zero-order valence-corrected chi connectivity index (χ0v) is 70.6. The van der Waals surface area contributed by atoms with Crippen LogP contribution in [0.2, 0.25) is 0 Å². The fourth-order valence-corrected chi connectivity index (χ4v) is 15.4. The van der Waals surface area contributed by atoms with Crippen LogP contribution in [0.3, 0.4) is 0 Å². The summed E-state index contributed by atoms with van der Waals surface area (Å²) in [5, 5.41) is 0. The molecule has 5 nitrogen and oxygen atoms in total. The molecule has 4 heterocycles. The molecule has 0 bridgehead atoms. The molecule has 0 amide bonds. The summed E-state index contributed by atoms with van der Waals surface area (Å²) in [4.78, 5) is 22.2. The second-order valence-corrected chi connectivity index (χ2v) is 29.3. The number of nitrogens with zero attached hydrogens (tertiary/aromatic N) is 5. The largest absolute Gasteiger partial charge is 0.381 e. The van der Waals surface area contributed by atoms with Crippen molar-refractivity contribution in [1.29, 1.82) is 0 Å². The Labute approximate surface area is 736 Å². The van der Waals surface area contributed by atoms with Crippen molar-refractivity contribution in [1.82, 2.24) is 19.9 Å². The minimum absolute atomic E-state index is 0. The van der Waals surface area contributed by atoms with Gasteiger partial charge in [0.05, 0.1) is 6.57 Å². The van der Waals surface area contributed by atoms with Crippen molar-refractivity contribution in [2.45, 2.75) is 26.2 Å². The molecule has 123 heavy (non-hydrogen) atoms. The van der Waals surface area contributed by atoms with Crippen LogP contribution in [-0.4, -0.2) is 19.9 Å². The Bertz CT molecular complexity index is 6840. The van der Waals surface area contributed by atoms with Crippen molar-refractivity contribution in [3.05, 3.63) is 440 Å². The molecule has 2 radical (unpaired) electrons. The summed E-state index contributed by atoms with van der Waals surface area (Å²) >= 11 is 0. The molecule has 14 aromatic carbocycles. The van der Waals surface area contributed by atoms with Crippen molar-refractivity contribution >= 4 is 5.69 Å². The van der Waals surface area contributed by atoms with Crippen molar-refractivity contribution < 1.29 is 70.9 Å². The Hall–Kier alpha value is -14.0. The van der Waals surface area contributed by atoms with E-state index in [9.17, 15) is 30.7 Å². The summed E-state index contributed by atoms with van der Waals surface area (Å²) in [6.45, 7) is 11.5. The monoisotopic (exact) mass is 1970 g/mol. The molecule has 0 aliphatic heterocycles. The van der Waals surface area contributed by atoms with E-state index in [1.165, 1.54) is 24.3 Å². The number of benzene rings is 14. The Kier molecular flexibility index (Phi) is 25.2. The molecule has 600 valence electrons. The van der Waals surface area contributed by atoms with Crippen LogP contribution in [0.5, 0.6) is 0 Å². The van der Waals surface area contributed by atoms with Crippen LogP contribution in [0.25, 0.3) is 183 Å². The third-order valence-electron chi connectivity index (χ3n) is 21.3. The van der Waals surface area contributed by atoms with Gasteiger partial charge in [0.2, 0.25) is 0 Å². The van der Waals surface area contributed by atoms with Crippen LogP contribution >= 0.6 is 0 Å². The van der Waals surface area contributed by atoms with Gasteiger partial charge in [0, 0.05) is 81.9 Å². The summed E-state index contributed by atoms with van der Waals surface area (Å²) < 4.78 is 93.7. The number of halogens is 7. The van der Waals surface area contributed by atoms with Gasteiger partial charge in [-0.25, -0.2) is 0 Å². The first-order valence-corrected chi connectivity index (χ1v) is 39.0. The van der Waals surface area contributed by atoms with Gasteiger partial charge in [0.15, 0.2) is 0 Å². The molecule has 0 aliphatic rings. The van der Waals surface area contributed by atoms with E-state index in [1.807, 2.05) is 128 Å². The second kappa shape index (κ2) is 36.9. The van der Waals surface area contributed by atoms with Crippen LogP contribution in [0, 0.1) is 50.5 Å². The zero-order chi connectivity index (χ0) is 83.1. The Morgan fingerprint density at radius 1 is 0.268 bits per heavy atom. The van der Waals surface area contributed by atoms with Crippen molar-refractivity contribution in [3.63, 3.8) is 0 Å². The fraction of sp³-hybridized carbons (Fsp3) is 0.0367. The van der Waals surface area contributed by atoms with E-state index in [1.54, 1.807) is 24.5 Å². The van der Waals surface area contributed by atoms with Crippen molar-refractivity contribution in [2.75, 3.05) is 0 Å². The molecule has 0 unspecified atom stereocenters. The quantitative estimate of drug-likeness (QED) is 0.0715. The summed E-state index contributed by atoms with van der Waals surface area (Å²) in [7, 11) is 0. The normalized spacial score (nSPS) is 11.2. The number of pyridine rings is 4. The zero-order valence-electron chi connectivity index (χ0n) is 65.8. The van der Waals surface area contributed by atoms with E-state index < -0.39 is 29.2 Å². The first kappa shape index (κ1) is 84.0. The summed E-state index contributed by atoms with van der Waals surface area (Å²) in [6, 6.07) is 125. The standard InChI is InChI=1S/C55H34F3N3.C54H34F4N2.2Ir/c1-36-29-43(46-18-10-9-17-45(46)42-26-28-52(60-34-42)41-25-27-51(55(56,57)58)54(32-41)59-2)31-44(30-36)47-19-11-12-20-48(47)50-35-61-53(40-15-7-4-8-16-40)33-49(50)39-23-21-38(22-24-39)37-13-5-3-6-14-37;1-35-29-42(47-12-6-5-11-46(47)41-23-28-52(59-33-41)39-19-24-44(25-20-39)54(56,57)58)31-43(30-35)48-13-7-8-14-49(48)51-34-60-53(40-21-26-45(55)27-22-40)32-50(51)38-17-15-37(16-18-38)36-9-3-2-4-10-36;;/h3-15,17-24,26-35H,1H3;2-19,21,23-34H,1H3;;/q2*-2;;. The number of alkyl halides is 6. The van der Waals surface area contributed by atoms with E-state index in [-0.39, 0.29) is 46.0 Å². The average molecular weight is 1970 g/mol. The summed E-state index contributed by atoms with van der Waals surface area (Å²) in [5.41, 5.74) is 29.3. The molecule has 0 N–H and O–H groups in total. The van der Waals surface area contributed by atoms with Gasteiger partial charge in [-0.3, -0.25) is 9.24 Å². The van der Waals surface area contributed by atoms with Crippen molar-refractivity contribution in [2.24, 2.45) is 0 Å². The van der Waals surface area contributed by atoms with Crippen LogP contribution in [0.1, 0.15) is 22.3 Å². The van der Waals surface area contributed by atoms with Gasteiger partial charge in [-0.15, -0.1) is 119 Å². The molecule has 18 aromatic rings. The molecule has 0 atom stereocenters. The molecular weight excluding hydrogens is 1900 g/mol. The second-order valence-electron chi connectivity index (χ2n) is 29.3. The molecule has 18 rings (SSSR count). The van der Waals surface area contributed by atoms with E-state index >= 15 is 0 Å². The average Bonchev–Trinajstić information content (AvgIpc) is 0.774. The fourth-order valence-electron chi connectivity index (χ4n) is 15.4. The Balaban J connectivity index is 0.000000188. The van der Waals surface area contributed by atoms with Gasteiger partial charge in [0.25, 0.3) is 0 Å². The number of hydrogen-bond acceptors (Lipinski definition) is 4. The van der Waals surface area contributed by atoms with Crippen LogP contribution in [0.4, 0.5) is 36.4 Å². The van der Waals surface area contributed by atoms with Crippen LogP contribution in [-0.2, 0) is 52.6 Å². The number of hydrogen-bond donors (Lipinski definition) is 0. The molecular formula is C109H68F7Ir2N5-4. The maximum Gasteiger partial charge on any atom is 0.381 e. The third kappa shape index (κ3) is 18.7. The molecule has 4 aromatic heterocycles. The first-order valence-electron chi connectivity index (χ1n) is 39.0. The van der Waals surface area contributed by atoms with Gasteiger partial charge < -0.3 is 19.9 Å². The SMILES string of the molecule is Cc1cc(-c2ccccc2-c2ccc(-c3[c-]cc(C(F)(F)F)cc3)nc2)cc(-c2ccccc2-c2cnc(-c3[c-]cc(F)cc3)cc2-c2ccc(-c3ccccc3)cc2)c1.[C-]#[N+]c1cc(-c2ccc(-c3ccccc3-c3cc(C)cc(-c4ccccc4-c4cnc(-c5[c-]cccc5)cc4-c4ccc(-c5ccccc5)cc4)c3)cn2)[c-]cc1C(F)(F)F.[Ir].[Ir]. The molecule has 0 spiro atoms. The van der Waals surface area contributed by atoms with Gasteiger partial charge in [-0.05, 0) is 193 Å². The van der Waals surface area contributed by atoms with Gasteiger partial charge in [-0.1, -0.05) is 267 Å². The number of aryl methyl sites for hydroxylation is 2. The molecule has 0 fully saturated rings. The van der Waals surface area contributed by atoms with Gasteiger partial charge in [-0.2, -0.15) is 26.3 Å². The topological polar surface area (TPSA) is 55.9 Å². The maximum atomic E-state index is 13.9. The van der Waals surface area contributed by atoms with Crippen LogP contribution in [0.15, 0.2) is 377 Å². The molecule has 0 aliphatic carbocycles. The number of aromatic nitrogens is 4. The summed E-state index contributed by atoms with van der Waals surface area (Å²) in [6.07, 6.45) is -1.74. The third-order valence-corrected chi connectivity index (χ3v) is 21.3. The Morgan fingerprint density at radius 2 is 0.626 bits per heavy atom. The molecule has 0 saturated carbocycles. The smallest absolute Gasteiger partial charge is 0.304 e.